The number of methoxy groups -OCH3 is 1. The smallest absolute Gasteiger partial charge is 0.257 e. The molecular weight excluding hydrogens is 350 g/mol. The van der Waals surface area contributed by atoms with Gasteiger partial charge in [-0.05, 0) is 56.0 Å². The van der Waals surface area contributed by atoms with Crippen LogP contribution in [0.15, 0.2) is 30.3 Å². The number of thiocarbonyl (C=S) groups is 1. The van der Waals surface area contributed by atoms with Crippen LogP contribution >= 0.6 is 12.2 Å². The summed E-state index contributed by atoms with van der Waals surface area (Å²) in [5.74, 6) is 0.345. The van der Waals surface area contributed by atoms with Crippen LogP contribution in [-0.4, -0.2) is 43.2 Å². The summed E-state index contributed by atoms with van der Waals surface area (Å²) in [5.41, 5.74) is 0.585. The minimum atomic E-state index is -0.203. The largest absolute Gasteiger partial charge is 0.384 e. The fraction of sp³-hybridized carbons (Fsp3) is 0.526. The van der Waals surface area contributed by atoms with Crippen molar-refractivity contribution in [3.8, 4) is 0 Å². The van der Waals surface area contributed by atoms with Gasteiger partial charge in [0.2, 0.25) is 5.91 Å². The number of hydrogen-bond donors (Lipinski definition) is 3. The lowest BCUT2D eigenvalue weighted by Crippen LogP contribution is -2.43. The lowest BCUT2D eigenvalue weighted by molar-refractivity contribution is -0.122. The summed E-state index contributed by atoms with van der Waals surface area (Å²) in [6.07, 6.45) is 4.39. The fourth-order valence-corrected chi connectivity index (χ4v) is 3.23. The minimum absolute atomic E-state index is 0.0539. The molecule has 0 atom stereocenters. The van der Waals surface area contributed by atoms with Crippen molar-refractivity contribution in [3.05, 3.63) is 35.9 Å². The van der Waals surface area contributed by atoms with Crippen LogP contribution in [0.1, 0.15) is 42.5 Å². The van der Waals surface area contributed by atoms with Gasteiger partial charge in [-0.15, -0.1) is 0 Å². The third kappa shape index (κ3) is 7.09. The van der Waals surface area contributed by atoms with E-state index in [2.05, 4.69) is 16.0 Å². The van der Waals surface area contributed by atoms with Crippen molar-refractivity contribution in [1.82, 2.24) is 16.0 Å². The summed E-state index contributed by atoms with van der Waals surface area (Å²) >= 11 is 5.21. The zero-order chi connectivity index (χ0) is 18.8. The Kier molecular flexibility index (Phi) is 8.50. The number of ether oxygens (including phenoxy) is 1. The summed E-state index contributed by atoms with van der Waals surface area (Å²) in [6, 6.07) is 9.25. The van der Waals surface area contributed by atoms with Crippen molar-refractivity contribution < 1.29 is 14.3 Å². The molecular formula is C19H27N3O3S. The predicted molar refractivity (Wildman–Crippen MR) is 105 cm³/mol. The van der Waals surface area contributed by atoms with E-state index in [9.17, 15) is 9.59 Å². The van der Waals surface area contributed by atoms with E-state index in [1.54, 1.807) is 19.2 Å². The molecule has 0 aromatic heterocycles. The van der Waals surface area contributed by atoms with Gasteiger partial charge >= 0.3 is 0 Å². The van der Waals surface area contributed by atoms with Crippen molar-refractivity contribution in [2.24, 2.45) is 5.92 Å². The number of carbonyl (C=O) groups excluding carboxylic acids is 2. The highest BCUT2D eigenvalue weighted by Gasteiger charge is 2.22. The maximum Gasteiger partial charge on any atom is 0.257 e. The molecule has 0 unspecified atom stereocenters. The standard InChI is InChI=1S/C19H27N3O3S/c1-25-12-11-17(23)21-16-9-7-14(8-10-16)13-20-19(26)22-18(24)15-5-3-2-4-6-15/h2-6,14,16H,7-13H2,1H3,(H,21,23)(H2,20,22,24,26). The summed E-state index contributed by atoms with van der Waals surface area (Å²) in [7, 11) is 1.60. The summed E-state index contributed by atoms with van der Waals surface area (Å²) in [5, 5.41) is 9.25. The molecule has 1 fully saturated rings. The maximum absolute atomic E-state index is 12.0. The molecule has 7 heteroatoms. The average Bonchev–Trinajstić information content (AvgIpc) is 2.66. The molecule has 1 saturated carbocycles. The molecule has 1 aliphatic carbocycles. The number of benzene rings is 1. The van der Waals surface area contributed by atoms with Crippen LogP contribution in [0.3, 0.4) is 0 Å². The molecule has 142 valence electrons. The van der Waals surface area contributed by atoms with Gasteiger partial charge in [0.15, 0.2) is 5.11 Å². The highest BCUT2D eigenvalue weighted by molar-refractivity contribution is 7.80. The van der Waals surface area contributed by atoms with Crippen LogP contribution in [-0.2, 0) is 9.53 Å². The quantitative estimate of drug-likeness (QED) is 0.634. The Morgan fingerprint density at radius 2 is 1.85 bits per heavy atom. The predicted octanol–water partition coefficient (Wildman–Crippen LogP) is 2.00. The molecule has 3 N–H and O–H groups in total. The van der Waals surface area contributed by atoms with Crippen molar-refractivity contribution >= 4 is 29.1 Å². The van der Waals surface area contributed by atoms with Crippen molar-refractivity contribution in [2.45, 2.75) is 38.1 Å². The molecule has 0 saturated heterocycles. The summed E-state index contributed by atoms with van der Waals surface area (Å²) in [4.78, 5) is 23.8. The van der Waals surface area contributed by atoms with Crippen LogP contribution < -0.4 is 16.0 Å². The highest BCUT2D eigenvalue weighted by atomic mass is 32.1. The summed E-state index contributed by atoms with van der Waals surface area (Å²) < 4.78 is 4.92. The van der Waals surface area contributed by atoms with Gasteiger partial charge < -0.3 is 15.4 Å². The highest BCUT2D eigenvalue weighted by Crippen LogP contribution is 2.23. The Morgan fingerprint density at radius 1 is 1.15 bits per heavy atom. The van der Waals surface area contributed by atoms with Gasteiger partial charge in [0.05, 0.1) is 6.61 Å². The lowest BCUT2D eigenvalue weighted by Gasteiger charge is -2.29. The van der Waals surface area contributed by atoms with Gasteiger partial charge in [-0.3, -0.25) is 14.9 Å². The second-order valence-corrected chi connectivity index (χ2v) is 6.97. The molecule has 0 spiro atoms. The topological polar surface area (TPSA) is 79.5 Å². The van der Waals surface area contributed by atoms with Gasteiger partial charge in [0.1, 0.15) is 0 Å². The Balaban J connectivity index is 1.63. The van der Waals surface area contributed by atoms with Crippen LogP contribution in [0.4, 0.5) is 0 Å². The van der Waals surface area contributed by atoms with Crippen molar-refractivity contribution in [2.75, 3.05) is 20.3 Å². The van der Waals surface area contributed by atoms with Gasteiger partial charge in [-0.1, -0.05) is 18.2 Å². The van der Waals surface area contributed by atoms with Crippen LogP contribution in [0, 0.1) is 5.92 Å². The maximum atomic E-state index is 12.0. The van der Waals surface area contributed by atoms with Crippen LogP contribution in [0.5, 0.6) is 0 Å². The van der Waals surface area contributed by atoms with Crippen LogP contribution in [0.25, 0.3) is 0 Å². The Hall–Kier alpha value is -1.99. The SMILES string of the molecule is COCCC(=O)NC1CCC(CNC(=S)NC(=O)c2ccccc2)CC1. The van der Waals surface area contributed by atoms with E-state index >= 15 is 0 Å². The average molecular weight is 378 g/mol. The molecule has 0 aliphatic heterocycles. The molecule has 0 bridgehead atoms. The number of hydrogen-bond acceptors (Lipinski definition) is 4. The molecule has 1 aliphatic rings. The zero-order valence-corrected chi connectivity index (χ0v) is 15.9. The number of nitrogens with one attached hydrogen (secondary N) is 3. The first kappa shape index (κ1) is 20.3. The monoisotopic (exact) mass is 377 g/mol. The second kappa shape index (κ2) is 10.9. The van der Waals surface area contributed by atoms with E-state index in [1.165, 1.54) is 0 Å². The molecule has 6 nitrogen and oxygen atoms in total. The van der Waals surface area contributed by atoms with E-state index < -0.39 is 0 Å². The lowest BCUT2D eigenvalue weighted by atomic mass is 9.86. The van der Waals surface area contributed by atoms with E-state index in [0.29, 0.717) is 29.6 Å². The first-order valence-corrected chi connectivity index (χ1v) is 9.42. The Labute approximate surface area is 160 Å². The third-order valence-electron chi connectivity index (χ3n) is 4.56. The molecule has 0 heterocycles. The molecule has 1 aromatic carbocycles. The van der Waals surface area contributed by atoms with Gasteiger partial charge in [-0.25, -0.2) is 0 Å². The molecule has 26 heavy (non-hydrogen) atoms. The third-order valence-corrected chi connectivity index (χ3v) is 4.81. The van der Waals surface area contributed by atoms with E-state index in [0.717, 1.165) is 32.2 Å². The molecule has 2 amide bonds. The Bertz CT molecular complexity index is 601. The van der Waals surface area contributed by atoms with Gasteiger partial charge in [0, 0.05) is 31.7 Å². The van der Waals surface area contributed by atoms with Gasteiger partial charge in [0.25, 0.3) is 5.91 Å². The first-order valence-electron chi connectivity index (χ1n) is 9.01. The van der Waals surface area contributed by atoms with Crippen molar-refractivity contribution in [1.29, 1.82) is 0 Å². The normalized spacial score (nSPS) is 19.4. The number of amides is 2. The molecule has 1 aromatic rings. The fourth-order valence-electron chi connectivity index (χ4n) is 3.05. The van der Waals surface area contributed by atoms with Gasteiger partial charge in [-0.2, -0.15) is 0 Å². The van der Waals surface area contributed by atoms with E-state index in [1.807, 2.05) is 18.2 Å². The van der Waals surface area contributed by atoms with E-state index in [4.69, 9.17) is 17.0 Å². The van der Waals surface area contributed by atoms with Crippen molar-refractivity contribution in [3.63, 3.8) is 0 Å². The van der Waals surface area contributed by atoms with Crippen LogP contribution in [0.2, 0.25) is 0 Å². The molecule has 2 rings (SSSR count). The minimum Gasteiger partial charge on any atom is -0.384 e. The zero-order valence-electron chi connectivity index (χ0n) is 15.1. The number of rotatable bonds is 7. The van der Waals surface area contributed by atoms with E-state index in [-0.39, 0.29) is 17.9 Å². The first-order chi connectivity index (χ1) is 12.6. The Morgan fingerprint density at radius 3 is 2.50 bits per heavy atom. The number of carbonyl (C=O) groups is 2. The summed E-state index contributed by atoms with van der Waals surface area (Å²) in [6.45, 7) is 1.19. The molecule has 0 radical (unpaired) electrons. The second-order valence-electron chi connectivity index (χ2n) is 6.56.